The molecule has 4 heteroatoms. The molecule has 1 heterocycles. The predicted molar refractivity (Wildman–Crippen MR) is 64.8 cm³/mol. The highest BCUT2D eigenvalue weighted by atomic mass is 79.9. The van der Waals surface area contributed by atoms with Gasteiger partial charge >= 0.3 is 0 Å². The molecule has 1 aliphatic heterocycles. The number of halogens is 2. The Balaban J connectivity index is 2.35. The lowest BCUT2D eigenvalue weighted by Crippen LogP contribution is -2.24. The summed E-state index contributed by atoms with van der Waals surface area (Å²) in [5, 5.41) is 0. The molecule has 1 aromatic carbocycles. The zero-order chi connectivity index (χ0) is 11.7. The zero-order valence-electron chi connectivity index (χ0n) is 8.62. The van der Waals surface area contributed by atoms with Crippen molar-refractivity contribution >= 4 is 27.5 Å². The van der Waals surface area contributed by atoms with Gasteiger partial charge in [-0.1, -0.05) is 12.1 Å². The van der Waals surface area contributed by atoms with E-state index in [0.29, 0.717) is 23.1 Å². The van der Waals surface area contributed by atoms with Gasteiger partial charge in [-0.3, -0.25) is 4.79 Å². The van der Waals surface area contributed by atoms with Crippen LogP contribution >= 0.6 is 15.9 Å². The van der Waals surface area contributed by atoms with Crippen molar-refractivity contribution < 1.29 is 9.18 Å². The van der Waals surface area contributed by atoms with Crippen LogP contribution in [0.2, 0.25) is 0 Å². The number of amides is 1. The Morgan fingerprint density at radius 2 is 2.31 bits per heavy atom. The van der Waals surface area contributed by atoms with Gasteiger partial charge in [0.15, 0.2) is 0 Å². The van der Waals surface area contributed by atoms with E-state index in [1.165, 1.54) is 6.07 Å². The largest absolute Gasteiger partial charge is 0.311 e. The molecular formula is C12H11BrFNO. The second kappa shape index (κ2) is 4.37. The van der Waals surface area contributed by atoms with Crippen molar-refractivity contribution in [2.75, 3.05) is 11.4 Å². The predicted octanol–water partition coefficient (Wildman–Crippen LogP) is 3.13. The van der Waals surface area contributed by atoms with Crippen molar-refractivity contribution in [2.45, 2.75) is 6.42 Å². The van der Waals surface area contributed by atoms with Gasteiger partial charge in [0.2, 0.25) is 5.91 Å². The maximum Gasteiger partial charge on any atom is 0.227 e. The van der Waals surface area contributed by atoms with Gasteiger partial charge < -0.3 is 4.90 Å². The molecule has 1 amide bonds. The van der Waals surface area contributed by atoms with E-state index in [1.807, 2.05) is 0 Å². The number of carbonyl (C=O) groups excluding carboxylic acids is 1. The Labute approximate surface area is 102 Å². The molecule has 0 aromatic heterocycles. The number of hydrogen-bond acceptors (Lipinski definition) is 1. The van der Waals surface area contributed by atoms with Gasteiger partial charge in [0, 0.05) is 18.9 Å². The number of rotatable bonds is 2. The van der Waals surface area contributed by atoms with Crippen LogP contribution in [0, 0.1) is 11.7 Å². The molecule has 0 bridgehead atoms. The molecule has 0 spiro atoms. The Morgan fingerprint density at radius 1 is 1.56 bits per heavy atom. The third kappa shape index (κ3) is 1.89. The smallest absolute Gasteiger partial charge is 0.227 e. The second-order valence-corrected chi connectivity index (χ2v) is 4.57. The lowest BCUT2D eigenvalue weighted by molar-refractivity contribution is -0.117. The zero-order valence-corrected chi connectivity index (χ0v) is 10.2. The summed E-state index contributed by atoms with van der Waals surface area (Å²) in [7, 11) is 0. The Hall–Kier alpha value is -1.16. The molecule has 0 radical (unpaired) electrons. The van der Waals surface area contributed by atoms with E-state index in [4.69, 9.17) is 0 Å². The maximum atomic E-state index is 13.3. The minimum Gasteiger partial charge on any atom is -0.311 e. The van der Waals surface area contributed by atoms with E-state index in [1.54, 1.807) is 23.1 Å². The van der Waals surface area contributed by atoms with E-state index in [0.717, 1.165) is 0 Å². The van der Waals surface area contributed by atoms with Crippen molar-refractivity contribution in [3.63, 3.8) is 0 Å². The van der Waals surface area contributed by atoms with Gasteiger partial charge in [-0.25, -0.2) is 4.39 Å². The van der Waals surface area contributed by atoms with Crippen molar-refractivity contribution in [1.29, 1.82) is 0 Å². The van der Waals surface area contributed by atoms with E-state index in [2.05, 4.69) is 22.5 Å². The highest BCUT2D eigenvalue weighted by molar-refractivity contribution is 9.10. The van der Waals surface area contributed by atoms with Crippen LogP contribution in [0.15, 0.2) is 35.3 Å². The van der Waals surface area contributed by atoms with Crippen molar-refractivity contribution in [3.8, 4) is 0 Å². The molecule has 2 rings (SSSR count). The summed E-state index contributed by atoms with van der Waals surface area (Å²) in [5.74, 6) is -0.189. The molecular weight excluding hydrogens is 273 g/mol. The Morgan fingerprint density at radius 3 is 2.94 bits per heavy atom. The number of benzene rings is 1. The van der Waals surface area contributed by atoms with E-state index in [9.17, 15) is 9.18 Å². The average molecular weight is 284 g/mol. The van der Waals surface area contributed by atoms with Crippen LogP contribution in [0.4, 0.5) is 10.1 Å². The number of anilines is 1. The van der Waals surface area contributed by atoms with Crippen LogP contribution < -0.4 is 4.90 Å². The number of hydrogen-bond donors (Lipinski definition) is 0. The first-order valence-corrected chi connectivity index (χ1v) is 5.79. The van der Waals surface area contributed by atoms with Crippen LogP contribution in [0.5, 0.6) is 0 Å². The summed E-state index contributed by atoms with van der Waals surface area (Å²) in [6.07, 6.45) is 2.22. The molecule has 0 aliphatic carbocycles. The van der Waals surface area contributed by atoms with Crippen molar-refractivity contribution in [3.05, 3.63) is 41.1 Å². The first-order chi connectivity index (χ1) is 7.63. The highest BCUT2D eigenvalue weighted by Crippen LogP contribution is 2.33. The third-order valence-electron chi connectivity index (χ3n) is 2.71. The highest BCUT2D eigenvalue weighted by Gasteiger charge is 2.30. The van der Waals surface area contributed by atoms with Crippen molar-refractivity contribution in [2.24, 2.45) is 5.92 Å². The summed E-state index contributed by atoms with van der Waals surface area (Å²) < 4.78 is 13.7. The summed E-state index contributed by atoms with van der Waals surface area (Å²) in [6, 6.07) is 4.69. The molecule has 0 N–H and O–H groups in total. The van der Waals surface area contributed by atoms with Crippen LogP contribution in [0.1, 0.15) is 6.42 Å². The molecule has 84 valence electrons. The lowest BCUT2D eigenvalue weighted by atomic mass is 10.1. The SMILES string of the molecule is C=CC1CC(=O)N(c2cccc(F)c2Br)C1. The first-order valence-electron chi connectivity index (χ1n) is 5.00. The average Bonchev–Trinajstić information content (AvgIpc) is 2.64. The quantitative estimate of drug-likeness (QED) is 0.764. The molecule has 1 aromatic rings. The topological polar surface area (TPSA) is 20.3 Å². The fraction of sp³-hybridized carbons (Fsp3) is 0.250. The molecule has 16 heavy (non-hydrogen) atoms. The summed E-state index contributed by atoms with van der Waals surface area (Å²) in [4.78, 5) is 13.3. The van der Waals surface area contributed by atoms with E-state index in [-0.39, 0.29) is 17.6 Å². The molecule has 1 saturated heterocycles. The summed E-state index contributed by atoms with van der Waals surface area (Å²) in [6.45, 7) is 4.25. The van der Waals surface area contributed by atoms with Crippen LogP contribution in [-0.4, -0.2) is 12.5 Å². The molecule has 1 fully saturated rings. The van der Waals surface area contributed by atoms with Gasteiger partial charge in [-0.2, -0.15) is 0 Å². The number of nitrogens with zero attached hydrogens (tertiary/aromatic N) is 1. The van der Waals surface area contributed by atoms with Gasteiger partial charge in [0.25, 0.3) is 0 Å². The standard InChI is InChI=1S/C12H11BrFNO/c1-2-8-6-11(16)15(7-8)10-5-3-4-9(14)12(10)13/h2-5,8H,1,6-7H2. The van der Waals surface area contributed by atoms with Crippen LogP contribution in [0.3, 0.4) is 0 Å². The monoisotopic (exact) mass is 283 g/mol. The van der Waals surface area contributed by atoms with Gasteiger partial charge in [0.1, 0.15) is 5.82 Å². The second-order valence-electron chi connectivity index (χ2n) is 3.78. The maximum absolute atomic E-state index is 13.3. The van der Waals surface area contributed by atoms with Gasteiger partial charge in [-0.15, -0.1) is 6.58 Å². The molecule has 2 nitrogen and oxygen atoms in total. The number of carbonyl (C=O) groups is 1. The molecule has 1 aliphatic rings. The fourth-order valence-electron chi connectivity index (χ4n) is 1.83. The van der Waals surface area contributed by atoms with Gasteiger partial charge in [0.05, 0.1) is 10.2 Å². The van der Waals surface area contributed by atoms with Crippen LogP contribution in [-0.2, 0) is 4.79 Å². The molecule has 0 saturated carbocycles. The summed E-state index contributed by atoms with van der Waals surface area (Å²) in [5.41, 5.74) is 0.592. The fourth-order valence-corrected chi connectivity index (χ4v) is 2.31. The van der Waals surface area contributed by atoms with E-state index >= 15 is 0 Å². The minimum absolute atomic E-state index is 0.0104. The normalized spacial score (nSPS) is 20.2. The summed E-state index contributed by atoms with van der Waals surface area (Å²) >= 11 is 3.16. The minimum atomic E-state index is -0.354. The Kier molecular flexibility index (Phi) is 3.10. The third-order valence-corrected chi connectivity index (χ3v) is 3.50. The van der Waals surface area contributed by atoms with Gasteiger partial charge in [-0.05, 0) is 28.1 Å². The lowest BCUT2D eigenvalue weighted by Gasteiger charge is -2.18. The van der Waals surface area contributed by atoms with E-state index < -0.39 is 0 Å². The Bertz CT molecular complexity index is 447. The molecule has 1 unspecified atom stereocenters. The van der Waals surface area contributed by atoms with Crippen molar-refractivity contribution in [1.82, 2.24) is 0 Å². The molecule has 1 atom stereocenters. The van der Waals surface area contributed by atoms with Crippen LogP contribution in [0.25, 0.3) is 0 Å². The first kappa shape index (κ1) is 11.3.